The van der Waals surface area contributed by atoms with E-state index in [0.29, 0.717) is 25.5 Å². The number of hydrogen-bond acceptors (Lipinski definition) is 4. The summed E-state index contributed by atoms with van der Waals surface area (Å²) in [5.41, 5.74) is 2.88. The molecule has 1 N–H and O–H groups in total. The third kappa shape index (κ3) is 5.23. The predicted molar refractivity (Wildman–Crippen MR) is 124 cm³/mol. The van der Waals surface area contributed by atoms with Gasteiger partial charge in [-0.1, -0.05) is 0 Å². The molecule has 1 aromatic heterocycles. The van der Waals surface area contributed by atoms with Crippen molar-refractivity contribution in [2.75, 3.05) is 33.0 Å². The number of aliphatic imine (C=N–C) groups is 1. The van der Waals surface area contributed by atoms with E-state index in [2.05, 4.69) is 28.4 Å². The van der Waals surface area contributed by atoms with Crippen molar-refractivity contribution in [1.82, 2.24) is 20.0 Å². The summed E-state index contributed by atoms with van der Waals surface area (Å²) in [6, 6.07) is 3.02. The van der Waals surface area contributed by atoms with E-state index in [1.165, 1.54) is 11.6 Å². The van der Waals surface area contributed by atoms with E-state index in [1.807, 2.05) is 17.9 Å². The Balaban J connectivity index is 0.00000256. The minimum Gasteiger partial charge on any atom is -0.467 e. The molecule has 164 valence electrons. The van der Waals surface area contributed by atoms with Crippen LogP contribution in [0.3, 0.4) is 0 Å². The molecule has 0 aliphatic carbocycles. The summed E-state index contributed by atoms with van der Waals surface area (Å²) in [6.07, 6.45) is 5.75. The second kappa shape index (κ2) is 10.4. The smallest absolute Gasteiger partial charge is 0.193 e. The van der Waals surface area contributed by atoms with Crippen molar-refractivity contribution in [2.45, 2.75) is 32.3 Å². The van der Waals surface area contributed by atoms with Crippen LogP contribution in [0.5, 0.6) is 5.75 Å². The fourth-order valence-corrected chi connectivity index (χ4v) is 4.03. The summed E-state index contributed by atoms with van der Waals surface area (Å²) in [7, 11) is 1.95. The van der Waals surface area contributed by atoms with Gasteiger partial charge in [0, 0.05) is 50.9 Å². The molecule has 0 bridgehead atoms. The number of aromatic nitrogens is 2. The van der Waals surface area contributed by atoms with E-state index < -0.39 is 0 Å². The molecule has 3 heterocycles. The number of nitrogens with zero attached hydrogens (tertiary/aromatic N) is 4. The van der Waals surface area contributed by atoms with E-state index in [1.54, 1.807) is 6.07 Å². The summed E-state index contributed by atoms with van der Waals surface area (Å²) >= 11 is 0. The Morgan fingerprint density at radius 1 is 1.40 bits per heavy atom. The highest BCUT2D eigenvalue weighted by molar-refractivity contribution is 14.0. The number of aryl methyl sites for hydroxylation is 1. The van der Waals surface area contributed by atoms with Gasteiger partial charge in [0.05, 0.1) is 12.8 Å². The minimum absolute atomic E-state index is 0. The first-order valence-corrected chi connectivity index (χ1v) is 10.2. The highest BCUT2D eigenvalue weighted by Crippen LogP contribution is 2.30. The standard InChI is InChI=1S/C21H28FN5O2.HI/c1-3-23-21(27-7-5-16(12-27)18-10-25-26(2)11-18)24-6-4-15-8-19(22)9-17-13-28-14-29-20(15)17;/h8-11,16H,3-7,12-14H2,1-2H3,(H,23,24);1H. The molecule has 7 nitrogen and oxygen atoms in total. The van der Waals surface area contributed by atoms with Gasteiger partial charge in [-0.05, 0) is 43.0 Å². The van der Waals surface area contributed by atoms with Crippen LogP contribution in [0.15, 0.2) is 29.5 Å². The van der Waals surface area contributed by atoms with Crippen LogP contribution in [0.1, 0.15) is 36.0 Å². The fraction of sp³-hybridized carbons (Fsp3) is 0.524. The van der Waals surface area contributed by atoms with Crippen molar-refractivity contribution < 1.29 is 13.9 Å². The topological polar surface area (TPSA) is 63.9 Å². The summed E-state index contributed by atoms with van der Waals surface area (Å²) in [5, 5.41) is 7.69. The third-order valence-electron chi connectivity index (χ3n) is 5.41. The Labute approximate surface area is 193 Å². The van der Waals surface area contributed by atoms with Crippen LogP contribution in [-0.2, 0) is 24.8 Å². The average Bonchev–Trinajstić information content (AvgIpc) is 3.36. The summed E-state index contributed by atoms with van der Waals surface area (Å²) in [6.45, 7) is 5.92. The van der Waals surface area contributed by atoms with Crippen molar-refractivity contribution in [3.63, 3.8) is 0 Å². The lowest BCUT2D eigenvalue weighted by Crippen LogP contribution is -2.40. The Morgan fingerprint density at radius 3 is 3.03 bits per heavy atom. The molecule has 0 radical (unpaired) electrons. The second-order valence-electron chi connectivity index (χ2n) is 7.53. The lowest BCUT2D eigenvalue weighted by Gasteiger charge is -2.22. The number of nitrogens with one attached hydrogen (secondary N) is 1. The molecule has 1 aromatic carbocycles. The molecule has 1 saturated heterocycles. The normalized spacial score (nSPS) is 18.6. The van der Waals surface area contributed by atoms with Gasteiger partial charge in [0.25, 0.3) is 0 Å². The molecule has 0 amide bonds. The fourth-order valence-electron chi connectivity index (χ4n) is 4.03. The molecule has 2 aliphatic heterocycles. The molecule has 1 unspecified atom stereocenters. The zero-order chi connectivity index (χ0) is 20.2. The number of hydrogen-bond donors (Lipinski definition) is 1. The van der Waals surface area contributed by atoms with E-state index in [-0.39, 0.29) is 36.6 Å². The van der Waals surface area contributed by atoms with Gasteiger partial charge in [-0.15, -0.1) is 24.0 Å². The molecule has 1 fully saturated rings. The van der Waals surface area contributed by atoms with Gasteiger partial charge in [0.15, 0.2) is 12.8 Å². The molecule has 30 heavy (non-hydrogen) atoms. The van der Waals surface area contributed by atoms with Crippen LogP contribution in [-0.4, -0.2) is 53.6 Å². The van der Waals surface area contributed by atoms with E-state index in [9.17, 15) is 4.39 Å². The van der Waals surface area contributed by atoms with Crippen LogP contribution in [0, 0.1) is 5.82 Å². The van der Waals surface area contributed by atoms with Gasteiger partial charge in [-0.3, -0.25) is 9.67 Å². The van der Waals surface area contributed by atoms with Crippen LogP contribution < -0.4 is 10.1 Å². The first-order valence-electron chi connectivity index (χ1n) is 10.2. The van der Waals surface area contributed by atoms with Crippen LogP contribution in [0.4, 0.5) is 4.39 Å². The van der Waals surface area contributed by atoms with E-state index in [4.69, 9.17) is 14.5 Å². The van der Waals surface area contributed by atoms with Gasteiger partial charge >= 0.3 is 0 Å². The number of ether oxygens (including phenoxy) is 2. The average molecular weight is 529 g/mol. The number of likely N-dealkylation sites (tertiary alicyclic amines) is 1. The number of rotatable bonds is 5. The summed E-state index contributed by atoms with van der Waals surface area (Å²) in [5.74, 6) is 1.86. The number of benzene rings is 1. The maximum Gasteiger partial charge on any atom is 0.193 e. The molecule has 2 aromatic rings. The highest BCUT2D eigenvalue weighted by Gasteiger charge is 2.27. The van der Waals surface area contributed by atoms with Crippen LogP contribution >= 0.6 is 24.0 Å². The summed E-state index contributed by atoms with van der Waals surface area (Å²) in [4.78, 5) is 7.10. The maximum atomic E-state index is 13.9. The van der Waals surface area contributed by atoms with Crippen molar-refractivity contribution in [3.05, 3.63) is 47.0 Å². The van der Waals surface area contributed by atoms with E-state index >= 15 is 0 Å². The molecule has 0 spiro atoms. The third-order valence-corrected chi connectivity index (χ3v) is 5.41. The van der Waals surface area contributed by atoms with Gasteiger partial charge in [-0.2, -0.15) is 5.10 Å². The lowest BCUT2D eigenvalue weighted by molar-refractivity contribution is -0.0172. The molecule has 1 atom stereocenters. The predicted octanol–water partition coefficient (Wildman–Crippen LogP) is 3.04. The summed E-state index contributed by atoms with van der Waals surface area (Å²) < 4.78 is 26.7. The Morgan fingerprint density at radius 2 is 2.27 bits per heavy atom. The number of fused-ring (bicyclic) bond motifs is 1. The Hall–Kier alpha value is -1.88. The second-order valence-corrected chi connectivity index (χ2v) is 7.53. The van der Waals surface area contributed by atoms with Crippen molar-refractivity contribution in [3.8, 4) is 5.75 Å². The van der Waals surface area contributed by atoms with Crippen molar-refractivity contribution >= 4 is 29.9 Å². The lowest BCUT2D eigenvalue weighted by atomic mass is 10.0. The zero-order valence-corrected chi connectivity index (χ0v) is 19.8. The van der Waals surface area contributed by atoms with Crippen molar-refractivity contribution in [2.24, 2.45) is 12.0 Å². The van der Waals surface area contributed by atoms with Gasteiger partial charge in [0.2, 0.25) is 0 Å². The zero-order valence-electron chi connectivity index (χ0n) is 17.4. The maximum absolute atomic E-state index is 13.9. The molecular formula is C21H29FIN5O2. The largest absolute Gasteiger partial charge is 0.467 e. The van der Waals surface area contributed by atoms with E-state index in [0.717, 1.165) is 48.9 Å². The number of halogens is 2. The highest BCUT2D eigenvalue weighted by atomic mass is 127. The number of guanidine groups is 1. The first kappa shape index (κ1) is 22.8. The van der Waals surface area contributed by atoms with Gasteiger partial charge in [0.1, 0.15) is 11.6 Å². The molecule has 9 heteroatoms. The van der Waals surface area contributed by atoms with Gasteiger partial charge < -0.3 is 19.7 Å². The Bertz CT molecular complexity index is 888. The van der Waals surface area contributed by atoms with Crippen LogP contribution in [0.2, 0.25) is 0 Å². The molecule has 4 rings (SSSR count). The van der Waals surface area contributed by atoms with Crippen molar-refractivity contribution in [1.29, 1.82) is 0 Å². The SMILES string of the molecule is CCNC(=NCCc1cc(F)cc2c1OCOC2)N1CCC(c2cnn(C)c2)C1.I. The molecule has 0 saturated carbocycles. The minimum atomic E-state index is -0.261. The first-order chi connectivity index (χ1) is 14.1. The monoisotopic (exact) mass is 529 g/mol. The molecule has 2 aliphatic rings. The molecular weight excluding hydrogens is 500 g/mol. The van der Waals surface area contributed by atoms with Crippen LogP contribution in [0.25, 0.3) is 0 Å². The quantitative estimate of drug-likeness (QED) is 0.367. The Kier molecular flexibility index (Phi) is 7.93. The van der Waals surface area contributed by atoms with Gasteiger partial charge in [-0.25, -0.2) is 4.39 Å².